The molecule has 0 aliphatic heterocycles. The highest BCUT2D eigenvalue weighted by molar-refractivity contribution is 7.73. The second-order valence-corrected chi connectivity index (χ2v) is 14.2. The van der Waals surface area contributed by atoms with Gasteiger partial charge in [-0.25, -0.2) is 0 Å². The summed E-state index contributed by atoms with van der Waals surface area (Å²) in [7, 11) is -6.83. The average molecular weight is 397 g/mol. The minimum Gasteiger partial charge on any atom is -0.345 e. The van der Waals surface area contributed by atoms with Gasteiger partial charge in [-0.1, -0.05) is 63.1 Å². The molecule has 1 fully saturated rings. The summed E-state index contributed by atoms with van der Waals surface area (Å²) in [5.74, 6) is 0. The van der Waals surface area contributed by atoms with Gasteiger partial charge >= 0.3 is 7.60 Å². The molecule has 1 saturated carbocycles. The van der Waals surface area contributed by atoms with Gasteiger partial charge in [0.25, 0.3) is 5.52 Å². The van der Waals surface area contributed by atoms with E-state index < -0.39 is 21.4 Å². The third-order valence-corrected chi connectivity index (χ3v) is 12.9. The lowest BCUT2D eigenvalue weighted by atomic mass is 10.0. The van der Waals surface area contributed by atoms with Crippen molar-refractivity contribution in [1.82, 2.24) is 0 Å². The minimum atomic E-state index is -4.37. The fraction of sp³-hybridized carbons (Fsp3) is 0.650. The molecule has 0 amide bonds. The Bertz CT molecular complexity index is 689. The van der Waals surface area contributed by atoms with Crippen LogP contribution in [0.3, 0.4) is 0 Å². The van der Waals surface area contributed by atoms with E-state index in [0.29, 0.717) is 11.1 Å². The van der Waals surface area contributed by atoms with E-state index in [1.807, 2.05) is 32.9 Å². The molecule has 2 unspecified atom stereocenters. The molecule has 0 heterocycles. The summed E-state index contributed by atoms with van der Waals surface area (Å²) in [4.78, 5) is 23.6. The maximum atomic E-state index is 13.1. The van der Waals surface area contributed by atoms with Crippen LogP contribution in [0.4, 0.5) is 0 Å². The Kier molecular flexibility index (Phi) is 7.06. The first-order chi connectivity index (χ1) is 12.1. The summed E-state index contributed by atoms with van der Waals surface area (Å²) in [5.41, 5.74) is 2.49. The molecule has 6 heteroatoms. The van der Waals surface area contributed by atoms with Gasteiger partial charge in [0.05, 0.1) is 0 Å². The second-order valence-electron chi connectivity index (χ2n) is 8.09. The number of hydrogen-bond acceptors (Lipinski definition) is 3. The van der Waals surface area contributed by atoms with Crippen molar-refractivity contribution < 1.29 is 18.5 Å². The van der Waals surface area contributed by atoms with Crippen LogP contribution >= 0.6 is 7.60 Å². The number of carbonyl (C=O) groups is 1. The summed E-state index contributed by atoms with van der Waals surface area (Å²) in [6, 6.07) is 4.58. The quantitative estimate of drug-likeness (QED) is 0.435. The van der Waals surface area contributed by atoms with Crippen LogP contribution in [0.5, 0.6) is 0 Å². The lowest BCUT2D eigenvalue weighted by Crippen LogP contribution is -2.40. The lowest BCUT2D eigenvalue weighted by Gasteiger charge is -2.38. The number of benzene rings is 1. The predicted octanol–water partition coefficient (Wildman–Crippen LogP) is 6.27. The summed E-state index contributed by atoms with van der Waals surface area (Å²) >= 11 is 0. The van der Waals surface area contributed by atoms with Crippen molar-refractivity contribution in [2.45, 2.75) is 84.4 Å². The van der Waals surface area contributed by atoms with Gasteiger partial charge in [0.15, 0.2) is 0 Å². The topological polar surface area (TPSA) is 63.6 Å². The molecular formula is C20H33O4PSi. The minimum absolute atomic E-state index is 0.345. The van der Waals surface area contributed by atoms with Crippen LogP contribution in [0.1, 0.15) is 72.5 Å². The maximum absolute atomic E-state index is 13.1. The monoisotopic (exact) mass is 396 g/mol. The molecule has 26 heavy (non-hydrogen) atoms. The van der Waals surface area contributed by atoms with Gasteiger partial charge in [0.1, 0.15) is 0 Å². The highest BCUT2D eigenvalue weighted by Crippen LogP contribution is 2.54. The van der Waals surface area contributed by atoms with Crippen LogP contribution < -0.4 is 0 Å². The number of carbonyl (C=O) groups excluding carboxylic acids is 1. The van der Waals surface area contributed by atoms with Crippen LogP contribution in [0.15, 0.2) is 12.1 Å². The Balaban J connectivity index is 2.32. The van der Waals surface area contributed by atoms with Crippen molar-refractivity contribution in [3.05, 3.63) is 34.4 Å². The van der Waals surface area contributed by atoms with Crippen LogP contribution in [-0.4, -0.2) is 18.7 Å². The Morgan fingerprint density at radius 3 is 2.23 bits per heavy atom. The molecule has 1 aliphatic rings. The number of aryl methyl sites for hydroxylation is 3. The van der Waals surface area contributed by atoms with E-state index in [4.69, 9.17) is 4.21 Å². The Labute approximate surface area is 159 Å². The van der Waals surface area contributed by atoms with E-state index in [1.165, 1.54) is 6.42 Å². The van der Waals surface area contributed by atoms with Gasteiger partial charge in [-0.05, 0) is 50.0 Å². The summed E-state index contributed by atoms with van der Waals surface area (Å²) in [6.07, 6.45) is 6.56. The van der Waals surface area contributed by atoms with Gasteiger partial charge in [-0.15, -0.1) is 0 Å². The first-order valence-corrected chi connectivity index (χ1v) is 14.0. The van der Waals surface area contributed by atoms with Crippen molar-refractivity contribution in [1.29, 1.82) is 0 Å². The molecule has 1 N–H and O–H groups in total. The van der Waals surface area contributed by atoms with Crippen LogP contribution in [0.2, 0.25) is 18.1 Å². The molecule has 0 saturated heterocycles. The van der Waals surface area contributed by atoms with Gasteiger partial charge in [-0.3, -0.25) is 9.36 Å². The summed E-state index contributed by atoms with van der Waals surface area (Å²) in [5, 5.41) is 0. The van der Waals surface area contributed by atoms with Crippen LogP contribution in [0.25, 0.3) is 0 Å². The molecule has 4 nitrogen and oxygen atoms in total. The van der Waals surface area contributed by atoms with E-state index in [2.05, 4.69) is 13.5 Å². The largest absolute Gasteiger partial charge is 0.389 e. The zero-order chi connectivity index (χ0) is 19.5. The van der Waals surface area contributed by atoms with E-state index in [-0.39, 0.29) is 0 Å². The summed E-state index contributed by atoms with van der Waals surface area (Å²) in [6.45, 7) is 9.72. The highest BCUT2D eigenvalue weighted by Gasteiger charge is 2.46. The molecule has 0 bridgehead atoms. The van der Waals surface area contributed by atoms with E-state index in [1.54, 1.807) is 0 Å². The molecule has 0 spiro atoms. The van der Waals surface area contributed by atoms with Crippen LogP contribution in [0, 0.1) is 20.8 Å². The molecule has 146 valence electrons. The van der Waals surface area contributed by atoms with Crippen molar-refractivity contribution in [3.63, 3.8) is 0 Å². The first-order valence-electron chi connectivity index (χ1n) is 9.77. The average Bonchev–Trinajstić information content (AvgIpc) is 2.54. The molecule has 2 rings (SSSR count). The fourth-order valence-electron chi connectivity index (χ4n) is 4.52. The number of hydrogen-bond donors (Lipinski definition) is 1. The first kappa shape index (κ1) is 21.6. The van der Waals surface area contributed by atoms with E-state index in [9.17, 15) is 14.3 Å². The Morgan fingerprint density at radius 2 is 1.73 bits per heavy atom. The molecule has 1 aliphatic carbocycles. The molecular weight excluding hydrogens is 363 g/mol. The highest BCUT2D eigenvalue weighted by atomic mass is 31.2. The van der Waals surface area contributed by atoms with Crippen molar-refractivity contribution >= 4 is 21.4 Å². The normalized spacial score (nSPS) is 20.4. The smallest absolute Gasteiger partial charge is 0.345 e. The van der Waals surface area contributed by atoms with Gasteiger partial charge in [0, 0.05) is 5.56 Å². The molecule has 1 aromatic carbocycles. The van der Waals surface area contributed by atoms with Crippen molar-refractivity contribution in [2.75, 3.05) is 0 Å². The molecule has 0 aromatic heterocycles. The molecule has 1 aromatic rings. The van der Waals surface area contributed by atoms with Crippen molar-refractivity contribution in [3.8, 4) is 0 Å². The zero-order valence-electron chi connectivity index (χ0n) is 16.8. The Hall–Kier alpha value is -0.743. The van der Waals surface area contributed by atoms with E-state index in [0.717, 1.165) is 54.8 Å². The second kappa shape index (κ2) is 8.51. The summed E-state index contributed by atoms with van der Waals surface area (Å²) < 4.78 is 19.0. The fourth-order valence-corrected chi connectivity index (χ4v) is 11.7. The Morgan fingerprint density at radius 1 is 1.19 bits per heavy atom. The predicted molar refractivity (Wildman–Crippen MR) is 109 cm³/mol. The lowest BCUT2D eigenvalue weighted by molar-refractivity contribution is 0.104. The molecule has 0 radical (unpaired) electrons. The van der Waals surface area contributed by atoms with Gasteiger partial charge in [0.2, 0.25) is 8.32 Å². The van der Waals surface area contributed by atoms with Gasteiger partial charge < -0.3 is 9.11 Å². The van der Waals surface area contributed by atoms with Gasteiger partial charge in [-0.2, -0.15) is 0 Å². The third kappa shape index (κ3) is 4.75. The van der Waals surface area contributed by atoms with E-state index >= 15 is 0 Å². The van der Waals surface area contributed by atoms with Crippen molar-refractivity contribution in [2.24, 2.45) is 0 Å². The van der Waals surface area contributed by atoms with Crippen LogP contribution in [-0.2, 0) is 8.78 Å². The maximum Gasteiger partial charge on any atom is 0.389 e. The zero-order valence-corrected chi connectivity index (χ0v) is 18.7. The third-order valence-electron chi connectivity index (χ3n) is 5.69. The molecule has 2 atom stereocenters. The SMILES string of the molecule is CCC[Si](C)(OP(=O)(O)C(=O)c1c(C)cc(C)cc1C)C1CCCCC1. The standard InChI is InChI=1S/C20H33O4PSi/c1-6-12-26(5,18-10-8-7-9-11-18)24-25(22,23)20(21)19-16(3)13-15(2)14-17(19)4/h13-14,18H,6-12H2,1-5H3,(H,22,23). The number of rotatable bonds is 7.